The number of fused-ring (bicyclic) bond motifs is 1. The highest BCUT2D eigenvalue weighted by Crippen LogP contribution is 2.37. The zero-order valence-electron chi connectivity index (χ0n) is 13.1. The van der Waals surface area contributed by atoms with Gasteiger partial charge >= 0.3 is 5.97 Å². The molecule has 2 rings (SSSR count). The van der Waals surface area contributed by atoms with E-state index in [9.17, 15) is 4.79 Å². The number of carbonyl (C=O) groups is 1. The predicted molar refractivity (Wildman–Crippen MR) is 79.7 cm³/mol. The molecule has 1 aliphatic heterocycles. The van der Waals surface area contributed by atoms with Crippen LogP contribution < -0.4 is 9.47 Å². The number of esters is 1. The Hall–Kier alpha value is -1.75. The van der Waals surface area contributed by atoms with Crippen molar-refractivity contribution in [3.05, 3.63) is 23.8 Å². The largest absolute Gasteiger partial charge is 0.486 e. The lowest BCUT2D eigenvalue weighted by Gasteiger charge is -2.36. The lowest BCUT2D eigenvalue weighted by molar-refractivity contribution is -0.146. The van der Waals surface area contributed by atoms with Crippen LogP contribution in [-0.4, -0.2) is 44.8 Å². The van der Waals surface area contributed by atoms with Crippen LogP contribution in [-0.2, 0) is 15.1 Å². The number of rotatable bonds is 5. The number of hydrogen-bond acceptors (Lipinski definition) is 5. The van der Waals surface area contributed by atoms with Gasteiger partial charge in [-0.25, -0.2) is 0 Å². The van der Waals surface area contributed by atoms with Crippen molar-refractivity contribution in [3.63, 3.8) is 0 Å². The third-order valence-electron chi connectivity index (χ3n) is 3.95. The van der Waals surface area contributed by atoms with E-state index in [1.165, 1.54) is 0 Å². The molecule has 0 saturated carbocycles. The second-order valence-corrected chi connectivity index (χ2v) is 5.51. The van der Waals surface area contributed by atoms with Gasteiger partial charge in [-0.1, -0.05) is 6.07 Å². The van der Waals surface area contributed by atoms with Gasteiger partial charge < -0.3 is 14.2 Å². The molecule has 1 aromatic carbocycles. The summed E-state index contributed by atoms with van der Waals surface area (Å²) < 4.78 is 16.3. The Bertz CT molecular complexity index is 515. The van der Waals surface area contributed by atoms with E-state index in [1.807, 2.05) is 51.0 Å². The van der Waals surface area contributed by atoms with Crippen molar-refractivity contribution in [1.29, 1.82) is 0 Å². The van der Waals surface area contributed by atoms with Gasteiger partial charge in [0.2, 0.25) is 0 Å². The van der Waals surface area contributed by atoms with Gasteiger partial charge in [-0.05, 0) is 45.6 Å². The number of ether oxygens (including phenoxy) is 3. The molecule has 0 spiro atoms. The average Bonchev–Trinajstić information content (AvgIpc) is 2.46. The topological polar surface area (TPSA) is 48.0 Å². The Balaban J connectivity index is 2.31. The Morgan fingerprint density at radius 2 is 1.95 bits per heavy atom. The molecule has 0 aliphatic carbocycles. The molecule has 0 aromatic heterocycles. The van der Waals surface area contributed by atoms with Gasteiger partial charge in [0.15, 0.2) is 11.5 Å². The Morgan fingerprint density at radius 3 is 2.57 bits per heavy atom. The molecule has 1 aliphatic rings. The fraction of sp³-hybridized carbons (Fsp3) is 0.562. The van der Waals surface area contributed by atoms with Crippen LogP contribution in [0, 0.1) is 0 Å². The summed E-state index contributed by atoms with van der Waals surface area (Å²) in [7, 11) is 3.91. The first-order valence-corrected chi connectivity index (χ1v) is 7.20. The third-order valence-corrected chi connectivity index (χ3v) is 3.95. The van der Waals surface area contributed by atoms with Crippen molar-refractivity contribution >= 4 is 5.97 Å². The Kier molecular flexibility index (Phi) is 4.73. The molecule has 5 nitrogen and oxygen atoms in total. The lowest BCUT2D eigenvalue weighted by atomic mass is 9.87. The second-order valence-electron chi connectivity index (χ2n) is 5.51. The molecule has 5 heteroatoms. The smallest absolute Gasteiger partial charge is 0.307 e. The standard InChI is InChI=1S/C16H23NO4/c1-5-19-15(18)11-16(2,17(3)4)12-6-7-13-14(10-12)21-9-8-20-13/h6-7,10H,5,8-9,11H2,1-4H3. The zero-order valence-corrected chi connectivity index (χ0v) is 13.1. The van der Waals surface area contributed by atoms with Crippen molar-refractivity contribution in [2.24, 2.45) is 0 Å². The normalized spacial score (nSPS) is 16.4. The molecule has 0 amide bonds. The summed E-state index contributed by atoms with van der Waals surface area (Å²) in [6.45, 7) is 5.35. The molecule has 0 saturated heterocycles. The van der Waals surface area contributed by atoms with E-state index in [0.29, 0.717) is 19.8 Å². The summed E-state index contributed by atoms with van der Waals surface area (Å²) >= 11 is 0. The third kappa shape index (κ3) is 3.29. The van der Waals surface area contributed by atoms with E-state index in [2.05, 4.69) is 0 Å². The fourth-order valence-corrected chi connectivity index (χ4v) is 2.39. The summed E-state index contributed by atoms with van der Waals surface area (Å²) in [5.74, 6) is 1.28. The van der Waals surface area contributed by atoms with Gasteiger partial charge in [0, 0.05) is 0 Å². The number of carbonyl (C=O) groups excluding carboxylic acids is 1. The van der Waals surface area contributed by atoms with Crippen LogP contribution >= 0.6 is 0 Å². The fourth-order valence-electron chi connectivity index (χ4n) is 2.39. The van der Waals surface area contributed by atoms with E-state index in [0.717, 1.165) is 17.1 Å². The molecular weight excluding hydrogens is 270 g/mol. The van der Waals surface area contributed by atoms with E-state index in [1.54, 1.807) is 0 Å². The molecule has 1 heterocycles. The summed E-state index contributed by atoms with van der Waals surface area (Å²) in [5, 5.41) is 0. The van der Waals surface area contributed by atoms with Gasteiger partial charge in [-0.2, -0.15) is 0 Å². The van der Waals surface area contributed by atoms with Crippen LogP contribution in [0.4, 0.5) is 0 Å². The molecule has 0 bridgehead atoms. The second kappa shape index (κ2) is 6.35. The van der Waals surface area contributed by atoms with Crippen LogP contribution in [0.25, 0.3) is 0 Å². The summed E-state index contributed by atoms with van der Waals surface area (Å²) in [6, 6.07) is 5.83. The number of benzene rings is 1. The summed E-state index contributed by atoms with van der Waals surface area (Å²) in [4.78, 5) is 13.9. The van der Waals surface area contributed by atoms with Crippen LogP contribution in [0.2, 0.25) is 0 Å². The highest BCUT2D eigenvalue weighted by atomic mass is 16.6. The molecule has 0 fully saturated rings. The predicted octanol–water partition coefficient (Wildman–Crippen LogP) is 2.19. The molecule has 116 valence electrons. The van der Waals surface area contributed by atoms with Gasteiger partial charge in [-0.15, -0.1) is 0 Å². The maximum Gasteiger partial charge on any atom is 0.307 e. The molecular formula is C16H23NO4. The highest BCUT2D eigenvalue weighted by molar-refractivity contribution is 5.71. The van der Waals surface area contributed by atoms with Crippen molar-refractivity contribution in [1.82, 2.24) is 4.90 Å². The van der Waals surface area contributed by atoms with Gasteiger partial charge in [0.25, 0.3) is 0 Å². The number of hydrogen-bond donors (Lipinski definition) is 0. The molecule has 1 unspecified atom stereocenters. The van der Waals surface area contributed by atoms with Crippen molar-refractivity contribution in [3.8, 4) is 11.5 Å². The van der Waals surface area contributed by atoms with Crippen LogP contribution in [0.5, 0.6) is 11.5 Å². The Labute approximate surface area is 125 Å². The van der Waals surface area contributed by atoms with E-state index < -0.39 is 5.54 Å². The van der Waals surface area contributed by atoms with E-state index in [4.69, 9.17) is 14.2 Å². The highest BCUT2D eigenvalue weighted by Gasteiger charge is 2.33. The maximum absolute atomic E-state index is 11.9. The SMILES string of the molecule is CCOC(=O)CC(C)(c1ccc2c(c1)OCCO2)N(C)C. The first-order valence-electron chi connectivity index (χ1n) is 7.20. The van der Waals surface area contributed by atoms with E-state index >= 15 is 0 Å². The van der Waals surface area contributed by atoms with Crippen molar-refractivity contribution in [2.45, 2.75) is 25.8 Å². The molecule has 1 aromatic rings. The molecule has 21 heavy (non-hydrogen) atoms. The molecule has 0 radical (unpaired) electrons. The van der Waals surface area contributed by atoms with Crippen molar-refractivity contribution < 1.29 is 19.0 Å². The van der Waals surface area contributed by atoms with Gasteiger partial charge in [-0.3, -0.25) is 9.69 Å². The van der Waals surface area contributed by atoms with Crippen LogP contribution in [0.1, 0.15) is 25.8 Å². The maximum atomic E-state index is 11.9. The molecule has 0 N–H and O–H groups in total. The Morgan fingerprint density at radius 1 is 1.29 bits per heavy atom. The number of nitrogens with zero attached hydrogens (tertiary/aromatic N) is 1. The first-order chi connectivity index (χ1) is 9.97. The van der Waals surface area contributed by atoms with Crippen molar-refractivity contribution in [2.75, 3.05) is 33.9 Å². The minimum absolute atomic E-state index is 0.205. The van der Waals surface area contributed by atoms with E-state index in [-0.39, 0.29) is 12.4 Å². The van der Waals surface area contributed by atoms with Crippen LogP contribution in [0.15, 0.2) is 18.2 Å². The van der Waals surface area contributed by atoms with Crippen LogP contribution in [0.3, 0.4) is 0 Å². The lowest BCUT2D eigenvalue weighted by Crippen LogP contribution is -2.41. The minimum atomic E-state index is -0.456. The zero-order chi connectivity index (χ0) is 15.5. The summed E-state index contributed by atoms with van der Waals surface area (Å²) in [6.07, 6.45) is 0.285. The monoisotopic (exact) mass is 293 g/mol. The summed E-state index contributed by atoms with van der Waals surface area (Å²) in [5.41, 5.74) is 0.548. The molecule has 1 atom stereocenters. The van der Waals surface area contributed by atoms with Gasteiger partial charge in [0.1, 0.15) is 13.2 Å². The first kappa shape index (κ1) is 15.6. The quantitative estimate of drug-likeness (QED) is 0.779. The van der Waals surface area contributed by atoms with Gasteiger partial charge in [0.05, 0.1) is 18.6 Å². The minimum Gasteiger partial charge on any atom is -0.486 e. The average molecular weight is 293 g/mol.